The topological polar surface area (TPSA) is 54.3 Å². The molecule has 0 unspecified atom stereocenters. The first-order valence-corrected chi connectivity index (χ1v) is 8.14. The maximum absolute atomic E-state index is 12.6. The monoisotopic (exact) mass is 320 g/mol. The van der Waals surface area contributed by atoms with Crippen LogP contribution in [0, 0.1) is 5.92 Å². The van der Waals surface area contributed by atoms with Gasteiger partial charge in [-0.15, -0.1) is 0 Å². The zero-order chi connectivity index (χ0) is 15.7. The third-order valence-corrected chi connectivity index (χ3v) is 5.08. The molecule has 1 heterocycles. The first kappa shape index (κ1) is 15.4. The number of nitrogens with zero attached hydrogens (tertiary/aromatic N) is 1. The number of aliphatic hydroxyl groups excluding tert-OH is 1. The largest absolute Gasteiger partial charge is 0.396 e. The first-order valence-electron chi connectivity index (χ1n) is 7.76. The number of carbonyl (C=O) groups excluding carboxylic acids is 1. The minimum atomic E-state index is -0.115. The number of para-hydroxylation sites is 1. The van der Waals surface area contributed by atoms with Crippen LogP contribution >= 0.6 is 11.6 Å². The number of benzene rings is 1. The van der Waals surface area contributed by atoms with Crippen LogP contribution in [-0.4, -0.2) is 28.2 Å². The Hall–Kier alpha value is -1.52. The summed E-state index contributed by atoms with van der Waals surface area (Å²) in [6.45, 7) is 0.246. The minimum Gasteiger partial charge on any atom is -0.396 e. The standard InChI is InChI=1S/C17H21ClN2O2/c1-20-14-5-3-2-4-13(14)15(18)16(20)17(22)19-12-8-6-11(10-21)7-9-12/h2-5,11-12,21H,6-10H2,1H3,(H,19,22). The summed E-state index contributed by atoms with van der Waals surface area (Å²) in [6.07, 6.45) is 3.76. The molecule has 5 heteroatoms. The quantitative estimate of drug-likeness (QED) is 0.913. The third kappa shape index (κ3) is 2.73. The number of rotatable bonds is 3. The number of halogens is 1. The van der Waals surface area contributed by atoms with Crippen molar-refractivity contribution in [3.8, 4) is 0 Å². The number of amides is 1. The zero-order valence-electron chi connectivity index (χ0n) is 12.7. The fraction of sp³-hybridized carbons (Fsp3) is 0.471. The van der Waals surface area contributed by atoms with Gasteiger partial charge in [0.2, 0.25) is 0 Å². The molecule has 2 aromatic rings. The molecule has 4 nitrogen and oxygen atoms in total. The molecule has 1 aliphatic carbocycles. The number of aromatic nitrogens is 1. The Bertz CT molecular complexity index is 648. The predicted molar refractivity (Wildman–Crippen MR) is 88.2 cm³/mol. The van der Waals surface area contributed by atoms with E-state index in [9.17, 15) is 9.90 Å². The van der Waals surface area contributed by atoms with Gasteiger partial charge in [-0.25, -0.2) is 0 Å². The van der Waals surface area contributed by atoms with Crippen molar-refractivity contribution in [2.24, 2.45) is 13.0 Å². The molecule has 1 saturated carbocycles. The molecule has 2 N–H and O–H groups in total. The lowest BCUT2D eigenvalue weighted by molar-refractivity contribution is 0.0906. The average Bonchev–Trinajstić information content (AvgIpc) is 2.80. The van der Waals surface area contributed by atoms with Gasteiger partial charge < -0.3 is 15.0 Å². The SMILES string of the molecule is Cn1c(C(=O)NC2CCC(CO)CC2)c(Cl)c2ccccc21. The number of aliphatic hydroxyl groups is 1. The van der Waals surface area contributed by atoms with Gasteiger partial charge in [0.15, 0.2) is 0 Å². The lowest BCUT2D eigenvalue weighted by atomic mass is 9.86. The molecule has 0 aliphatic heterocycles. The van der Waals surface area contributed by atoms with E-state index in [1.54, 1.807) is 0 Å². The molecule has 0 atom stereocenters. The van der Waals surface area contributed by atoms with Crippen LogP contribution < -0.4 is 5.32 Å². The molecule has 1 fully saturated rings. The zero-order valence-corrected chi connectivity index (χ0v) is 13.4. The second kappa shape index (κ2) is 6.31. The Morgan fingerprint density at radius 3 is 2.64 bits per heavy atom. The lowest BCUT2D eigenvalue weighted by Gasteiger charge is -2.28. The van der Waals surface area contributed by atoms with E-state index in [0.717, 1.165) is 36.6 Å². The van der Waals surface area contributed by atoms with Crippen molar-refractivity contribution in [1.82, 2.24) is 9.88 Å². The smallest absolute Gasteiger partial charge is 0.269 e. The molecule has 1 aromatic carbocycles. The van der Waals surface area contributed by atoms with Gasteiger partial charge in [0.05, 0.1) is 5.02 Å². The van der Waals surface area contributed by atoms with Crippen LogP contribution in [0.2, 0.25) is 5.02 Å². The van der Waals surface area contributed by atoms with Crippen LogP contribution in [-0.2, 0) is 7.05 Å². The van der Waals surface area contributed by atoms with Crippen molar-refractivity contribution in [2.45, 2.75) is 31.7 Å². The molecule has 1 aromatic heterocycles. The summed E-state index contributed by atoms with van der Waals surface area (Å²) in [5, 5.41) is 13.7. The van der Waals surface area contributed by atoms with E-state index < -0.39 is 0 Å². The Morgan fingerprint density at radius 1 is 1.32 bits per heavy atom. The Balaban J connectivity index is 1.78. The van der Waals surface area contributed by atoms with Crippen molar-refractivity contribution in [1.29, 1.82) is 0 Å². The van der Waals surface area contributed by atoms with Crippen molar-refractivity contribution < 1.29 is 9.90 Å². The highest BCUT2D eigenvalue weighted by Gasteiger charge is 2.25. The number of fused-ring (bicyclic) bond motifs is 1. The Labute approximate surface area is 135 Å². The first-order chi connectivity index (χ1) is 10.6. The van der Waals surface area contributed by atoms with Crippen LogP contribution in [0.3, 0.4) is 0 Å². The highest BCUT2D eigenvalue weighted by molar-refractivity contribution is 6.38. The van der Waals surface area contributed by atoms with Gasteiger partial charge in [-0.3, -0.25) is 4.79 Å². The highest BCUT2D eigenvalue weighted by Crippen LogP contribution is 2.30. The van der Waals surface area contributed by atoms with Crippen LogP contribution in [0.1, 0.15) is 36.2 Å². The van der Waals surface area contributed by atoms with E-state index in [2.05, 4.69) is 5.32 Å². The molecule has 1 aliphatic rings. The number of hydrogen-bond acceptors (Lipinski definition) is 2. The summed E-state index contributed by atoms with van der Waals surface area (Å²) in [5.41, 5.74) is 1.48. The van der Waals surface area contributed by atoms with Crippen molar-refractivity contribution in [3.05, 3.63) is 35.0 Å². The van der Waals surface area contributed by atoms with Gasteiger partial charge in [-0.05, 0) is 37.7 Å². The number of carbonyl (C=O) groups is 1. The van der Waals surface area contributed by atoms with Crippen LogP contribution in [0.15, 0.2) is 24.3 Å². The van der Waals surface area contributed by atoms with E-state index in [1.165, 1.54) is 0 Å². The Kier molecular flexibility index (Phi) is 4.41. The molecule has 0 spiro atoms. The van der Waals surface area contributed by atoms with Crippen molar-refractivity contribution in [2.75, 3.05) is 6.61 Å². The van der Waals surface area contributed by atoms with Gasteiger partial charge in [-0.2, -0.15) is 0 Å². The van der Waals surface area contributed by atoms with Crippen LogP contribution in [0.25, 0.3) is 10.9 Å². The lowest BCUT2D eigenvalue weighted by Crippen LogP contribution is -2.38. The molecular formula is C17H21ClN2O2. The van der Waals surface area contributed by atoms with Gasteiger partial charge in [0.25, 0.3) is 5.91 Å². The van der Waals surface area contributed by atoms with E-state index >= 15 is 0 Å². The molecule has 0 radical (unpaired) electrons. The molecule has 0 saturated heterocycles. The number of aryl methyl sites for hydroxylation is 1. The van der Waals surface area contributed by atoms with Crippen molar-refractivity contribution in [3.63, 3.8) is 0 Å². The minimum absolute atomic E-state index is 0.115. The normalized spacial score (nSPS) is 22.0. The summed E-state index contributed by atoms with van der Waals surface area (Å²) < 4.78 is 1.85. The molecule has 1 amide bonds. The maximum atomic E-state index is 12.6. The van der Waals surface area contributed by atoms with E-state index in [4.69, 9.17) is 11.6 Å². The summed E-state index contributed by atoms with van der Waals surface area (Å²) >= 11 is 6.41. The second-order valence-electron chi connectivity index (χ2n) is 6.11. The fourth-order valence-electron chi connectivity index (χ4n) is 3.34. The summed E-state index contributed by atoms with van der Waals surface area (Å²) in [5.74, 6) is 0.269. The fourth-order valence-corrected chi connectivity index (χ4v) is 3.71. The number of nitrogens with one attached hydrogen (secondary N) is 1. The molecule has 0 bridgehead atoms. The molecule has 3 rings (SSSR count). The summed E-state index contributed by atoms with van der Waals surface area (Å²) in [4.78, 5) is 12.6. The van der Waals surface area contributed by atoms with Gasteiger partial charge >= 0.3 is 0 Å². The average molecular weight is 321 g/mol. The van der Waals surface area contributed by atoms with Crippen LogP contribution in [0.5, 0.6) is 0 Å². The van der Waals surface area contributed by atoms with Crippen LogP contribution in [0.4, 0.5) is 0 Å². The summed E-state index contributed by atoms with van der Waals surface area (Å²) in [6, 6.07) is 7.93. The van der Waals surface area contributed by atoms with E-state index in [0.29, 0.717) is 16.6 Å². The van der Waals surface area contributed by atoms with E-state index in [-0.39, 0.29) is 18.6 Å². The second-order valence-corrected chi connectivity index (χ2v) is 6.49. The maximum Gasteiger partial charge on any atom is 0.269 e. The van der Waals surface area contributed by atoms with Gasteiger partial charge in [0.1, 0.15) is 5.69 Å². The molecular weight excluding hydrogens is 300 g/mol. The Morgan fingerprint density at radius 2 is 2.00 bits per heavy atom. The van der Waals surface area contributed by atoms with Crippen molar-refractivity contribution >= 4 is 28.4 Å². The third-order valence-electron chi connectivity index (χ3n) is 4.70. The van der Waals surface area contributed by atoms with Gasteiger partial charge in [-0.1, -0.05) is 29.8 Å². The highest BCUT2D eigenvalue weighted by atomic mass is 35.5. The number of hydrogen-bond donors (Lipinski definition) is 2. The van der Waals surface area contributed by atoms with Gasteiger partial charge in [0, 0.05) is 30.6 Å². The molecule has 22 heavy (non-hydrogen) atoms. The summed E-state index contributed by atoms with van der Waals surface area (Å²) in [7, 11) is 1.87. The molecule has 118 valence electrons. The van der Waals surface area contributed by atoms with E-state index in [1.807, 2.05) is 35.9 Å². The predicted octanol–water partition coefficient (Wildman–Crippen LogP) is 3.11.